The number of β-amino-alcohol motifs (C(OH)–C–C–N with tert-alkyl or cyclic N) is 1. The minimum atomic E-state index is -0.499. The van der Waals surface area contributed by atoms with Crippen LogP contribution in [0.15, 0.2) is 30.3 Å². The summed E-state index contributed by atoms with van der Waals surface area (Å²) in [5, 5.41) is 11.9. The standard InChI is InChI=1S/C19H29N3O3/c1-15(2)18(20-17(24)14-16-6-4-3-5-7-16)19(25)22-10-8-21(9-11-22)12-13-23/h3-7,15,18,23H,8-14H2,1-2H3,(H,20,24). The van der Waals surface area contributed by atoms with Crippen LogP contribution in [0.25, 0.3) is 0 Å². The number of hydrogen-bond acceptors (Lipinski definition) is 4. The Balaban J connectivity index is 1.91. The number of aliphatic hydroxyl groups is 1. The first-order valence-electron chi connectivity index (χ1n) is 8.96. The highest BCUT2D eigenvalue weighted by molar-refractivity contribution is 5.88. The van der Waals surface area contributed by atoms with Crippen LogP contribution < -0.4 is 5.32 Å². The maximum Gasteiger partial charge on any atom is 0.245 e. The summed E-state index contributed by atoms with van der Waals surface area (Å²) < 4.78 is 0. The van der Waals surface area contributed by atoms with Gasteiger partial charge in [0.15, 0.2) is 0 Å². The van der Waals surface area contributed by atoms with Crippen LogP contribution in [0, 0.1) is 5.92 Å². The summed E-state index contributed by atoms with van der Waals surface area (Å²) in [6, 6.07) is 9.04. The topological polar surface area (TPSA) is 72.9 Å². The summed E-state index contributed by atoms with van der Waals surface area (Å²) in [7, 11) is 0. The van der Waals surface area contributed by atoms with Crippen molar-refractivity contribution in [2.45, 2.75) is 26.3 Å². The predicted octanol–water partition coefficient (Wildman–Crippen LogP) is 0.506. The van der Waals surface area contributed by atoms with E-state index in [9.17, 15) is 9.59 Å². The minimum absolute atomic E-state index is 0.0138. The van der Waals surface area contributed by atoms with Crippen LogP contribution in [0.3, 0.4) is 0 Å². The van der Waals surface area contributed by atoms with E-state index in [4.69, 9.17) is 5.11 Å². The average molecular weight is 347 g/mol. The zero-order valence-electron chi connectivity index (χ0n) is 15.1. The van der Waals surface area contributed by atoms with Crippen LogP contribution in [-0.4, -0.2) is 72.1 Å². The quantitative estimate of drug-likeness (QED) is 0.754. The first kappa shape index (κ1) is 19.4. The molecule has 2 N–H and O–H groups in total. The molecule has 0 bridgehead atoms. The van der Waals surface area contributed by atoms with Crippen LogP contribution in [0.5, 0.6) is 0 Å². The number of rotatable bonds is 7. The first-order valence-corrected chi connectivity index (χ1v) is 8.96. The average Bonchev–Trinajstić information content (AvgIpc) is 2.61. The zero-order valence-corrected chi connectivity index (χ0v) is 15.1. The Hall–Kier alpha value is -1.92. The Labute approximate surface area is 149 Å². The van der Waals surface area contributed by atoms with Crippen molar-refractivity contribution < 1.29 is 14.7 Å². The number of aliphatic hydroxyl groups excluding tert-OH is 1. The molecule has 0 radical (unpaired) electrons. The fourth-order valence-corrected chi connectivity index (χ4v) is 3.05. The summed E-state index contributed by atoms with van der Waals surface area (Å²) in [6.07, 6.45) is 0.279. The molecule has 6 nitrogen and oxygen atoms in total. The van der Waals surface area contributed by atoms with E-state index in [2.05, 4.69) is 10.2 Å². The maximum atomic E-state index is 12.8. The van der Waals surface area contributed by atoms with Crippen molar-refractivity contribution in [3.8, 4) is 0 Å². The van der Waals surface area contributed by atoms with Crippen molar-refractivity contribution in [1.29, 1.82) is 0 Å². The molecule has 25 heavy (non-hydrogen) atoms. The Morgan fingerprint density at radius 1 is 1.12 bits per heavy atom. The highest BCUT2D eigenvalue weighted by atomic mass is 16.3. The van der Waals surface area contributed by atoms with Crippen molar-refractivity contribution in [2.75, 3.05) is 39.3 Å². The van der Waals surface area contributed by atoms with Gasteiger partial charge in [-0.1, -0.05) is 44.2 Å². The highest BCUT2D eigenvalue weighted by Gasteiger charge is 2.30. The van der Waals surface area contributed by atoms with E-state index in [0.29, 0.717) is 19.6 Å². The monoisotopic (exact) mass is 347 g/mol. The van der Waals surface area contributed by atoms with E-state index in [1.807, 2.05) is 49.1 Å². The Bertz CT molecular complexity index is 554. The summed E-state index contributed by atoms with van der Waals surface area (Å²) in [5.41, 5.74) is 0.938. The largest absolute Gasteiger partial charge is 0.395 e. The molecule has 138 valence electrons. The van der Waals surface area contributed by atoms with E-state index in [1.165, 1.54) is 0 Å². The van der Waals surface area contributed by atoms with Crippen LogP contribution in [-0.2, 0) is 16.0 Å². The lowest BCUT2D eigenvalue weighted by Crippen LogP contribution is -2.56. The molecule has 6 heteroatoms. The number of nitrogens with zero attached hydrogens (tertiary/aromatic N) is 2. The third-order valence-corrected chi connectivity index (χ3v) is 4.56. The molecule has 2 amide bonds. The van der Waals surface area contributed by atoms with Gasteiger partial charge in [0.25, 0.3) is 0 Å². The molecule has 1 aliphatic heterocycles. The molecule has 1 heterocycles. The molecule has 0 spiro atoms. The number of benzene rings is 1. The van der Waals surface area contributed by atoms with E-state index in [-0.39, 0.29) is 30.8 Å². The van der Waals surface area contributed by atoms with Crippen molar-refractivity contribution in [3.05, 3.63) is 35.9 Å². The molecule has 1 aromatic rings. The van der Waals surface area contributed by atoms with Gasteiger partial charge in [0.1, 0.15) is 6.04 Å². The number of amides is 2. The third-order valence-electron chi connectivity index (χ3n) is 4.56. The Kier molecular flexibility index (Phi) is 7.40. The van der Waals surface area contributed by atoms with Crippen LogP contribution in [0.1, 0.15) is 19.4 Å². The smallest absolute Gasteiger partial charge is 0.245 e. The SMILES string of the molecule is CC(C)C(NC(=O)Cc1ccccc1)C(=O)N1CCN(CCO)CC1. The second-order valence-corrected chi connectivity index (χ2v) is 6.84. The van der Waals surface area contributed by atoms with Gasteiger partial charge in [0.2, 0.25) is 11.8 Å². The summed E-state index contributed by atoms with van der Waals surface area (Å²) in [5.74, 6) is -0.111. The van der Waals surface area contributed by atoms with Gasteiger partial charge in [0, 0.05) is 32.7 Å². The second-order valence-electron chi connectivity index (χ2n) is 6.84. The molecule has 0 aliphatic carbocycles. The molecule has 1 saturated heterocycles. The molecular formula is C19H29N3O3. The molecule has 1 unspecified atom stereocenters. The second kappa shape index (κ2) is 9.53. The molecule has 1 aliphatic rings. The van der Waals surface area contributed by atoms with Gasteiger partial charge >= 0.3 is 0 Å². The highest BCUT2D eigenvalue weighted by Crippen LogP contribution is 2.10. The van der Waals surface area contributed by atoms with Crippen LogP contribution in [0.4, 0.5) is 0 Å². The van der Waals surface area contributed by atoms with Gasteiger partial charge in [-0.25, -0.2) is 0 Å². The van der Waals surface area contributed by atoms with E-state index >= 15 is 0 Å². The van der Waals surface area contributed by atoms with Crippen molar-refractivity contribution >= 4 is 11.8 Å². The molecule has 1 aromatic carbocycles. The molecule has 1 atom stereocenters. The zero-order chi connectivity index (χ0) is 18.2. The predicted molar refractivity (Wildman–Crippen MR) is 97.0 cm³/mol. The third kappa shape index (κ3) is 5.83. The fourth-order valence-electron chi connectivity index (χ4n) is 3.05. The number of carbonyl (C=O) groups is 2. The molecule has 0 aromatic heterocycles. The van der Waals surface area contributed by atoms with Gasteiger partial charge in [-0.05, 0) is 11.5 Å². The lowest BCUT2D eigenvalue weighted by molar-refractivity contribution is -0.139. The lowest BCUT2D eigenvalue weighted by atomic mass is 10.0. The number of carbonyl (C=O) groups excluding carboxylic acids is 2. The number of hydrogen-bond donors (Lipinski definition) is 2. The molecule has 0 saturated carbocycles. The number of piperazine rings is 1. The van der Waals surface area contributed by atoms with Gasteiger partial charge in [-0.3, -0.25) is 14.5 Å². The van der Waals surface area contributed by atoms with Crippen LogP contribution >= 0.6 is 0 Å². The minimum Gasteiger partial charge on any atom is -0.395 e. The van der Waals surface area contributed by atoms with Crippen LogP contribution in [0.2, 0.25) is 0 Å². The molecule has 1 fully saturated rings. The fraction of sp³-hybridized carbons (Fsp3) is 0.579. The van der Waals surface area contributed by atoms with Gasteiger partial charge < -0.3 is 15.3 Å². The van der Waals surface area contributed by atoms with Gasteiger partial charge in [0.05, 0.1) is 13.0 Å². The van der Waals surface area contributed by atoms with E-state index < -0.39 is 6.04 Å². The maximum absolute atomic E-state index is 12.8. The van der Waals surface area contributed by atoms with Crippen molar-refractivity contribution in [1.82, 2.24) is 15.1 Å². The Morgan fingerprint density at radius 2 is 1.76 bits per heavy atom. The van der Waals surface area contributed by atoms with Gasteiger partial charge in [-0.2, -0.15) is 0 Å². The normalized spacial score (nSPS) is 16.7. The summed E-state index contributed by atoms with van der Waals surface area (Å²) >= 11 is 0. The first-order chi connectivity index (χ1) is 12.0. The van der Waals surface area contributed by atoms with Gasteiger partial charge in [-0.15, -0.1) is 0 Å². The summed E-state index contributed by atoms with van der Waals surface area (Å²) in [6.45, 7) is 7.47. The van der Waals surface area contributed by atoms with E-state index in [1.54, 1.807) is 0 Å². The lowest BCUT2D eigenvalue weighted by Gasteiger charge is -2.37. The Morgan fingerprint density at radius 3 is 2.32 bits per heavy atom. The molecular weight excluding hydrogens is 318 g/mol. The van der Waals surface area contributed by atoms with E-state index in [0.717, 1.165) is 18.7 Å². The van der Waals surface area contributed by atoms with Crippen molar-refractivity contribution in [3.63, 3.8) is 0 Å². The van der Waals surface area contributed by atoms with Crippen molar-refractivity contribution in [2.24, 2.45) is 5.92 Å². The summed E-state index contributed by atoms with van der Waals surface area (Å²) in [4.78, 5) is 29.1. The molecule has 2 rings (SSSR count). The number of nitrogens with one attached hydrogen (secondary N) is 1.